The van der Waals surface area contributed by atoms with E-state index in [1.807, 2.05) is 37.3 Å². The Bertz CT molecular complexity index is 468. The zero-order valence-electron chi connectivity index (χ0n) is 9.27. The van der Waals surface area contributed by atoms with Crippen LogP contribution in [-0.2, 0) is 0 Å². The number of anilines is 2. The Hall–Kier alpha value is -2.10. The number of nitrogens with zero attached hydrogens (tertiary/aromatic N) is 2. The minimum Gasteiger partial charge on any atom is -0.497 e. The van der Waals surface area contributed by atoms with E-state index in [9.17, 15) is 0 Å². The highest BCUT2D eigenvalue weighted by Gasteiger charge is 1.97. The van der Waals surface area contributed by atoms with Crippen LogP contribution in [0, 0.1) is 6.92 Å². The molecule has 1 heterocycles. The van der Waals surface area contributed by atoms with E-state index in [0.717, 1.165) is 22.9 Å². The van der Waals surface area contributed by atoms with Crippen molar-refractivity contribution in [2.24, 2.45) is 0 Å². The summed E-state index contributed by atoms with van der Waals surface area (Å²) in [5.74, 6) is 1.63. The third-order valence-corrected chi connectivity index (χ3v) is 2.17. The van der Waals surface area contributed by atoms with Gasteiger partial charge in [-0.25, -0.2) is 9.97 Å². The highest BCUT2D eigenvalue weighted by molar-refractivity contribution is 5.56. The molecule has 4 heteroatoms. The molecule has 0 fully saturated rings. The van der Waals surface area contributed by atoms with E-state index >= 15 is 0 Å². The van der Waals surface area contributed by atoms with Crippen molar-refractivity contribution < 1.29 is 4.74 Å². The zero-order valence-corrected chi connectivity index (χ0v) is 9.27. The third-order valence-electron chi connectivity index (χ3n) is 2.17. The molecule has 0 aliphatic carbocycles. The summed E-state index contributed by atoms with van der Waals surface area (Å²) in [5.41, 5.74) is 1.91. The quantitative estimate of drug-likeness (QED) is 0.854. The van der Waals surface area contributed by atoms with Gasteiger partial charge in [-0.2, -0.15) is 0 Å². The first-order chi connectivity index (χ1) is 7.78. The van der Waals surface area contributed by atoms with Gasteiger partial charge in [-0.15, -0.1) is 0 Å². The molecule has 0 amide bonds. The Balaban J connectivity index is 2.14. The summed E-state index contributed by atoms with van der Waals surface area (Å²) in [6.07, 6.45) is 1.54. The summed E-state index contributed by atoms with van der Waals surface area (Å²) in [4.78, 5) is 8.16. The molecular weight excluding hydrogens is 202 g/mol. The van der Waals surface area contributed by atoms with Crippen molar-refractivity contribution in [3.63, 3.8) is 0 Å². The summed E-state index contributed by atoms with van der Waals surface area (Å²) in [7, 11) is 1.65. The Kier molecular flexibility index (Phi) is 3.00. The van der Waals surface area contributed by atoms with Crippen LogP contribution in [0.5, 0.6) is 5.75 Å². The molecule has 0 spiro atoms. The van der Waals surface area contributed by atoms with Gasteiger partial charge in [-0.1, -0.05) is 0 Å². The number of rotatable bonds is 3. The standard InChI is InChI=1S/C12H13N3O/c1-9-7-12(14-8-13-9)15-10-3-5-11(16-2)6-4-10/h3-8H,1-2H3,(H,13,14,15). The van der Waals surface area contributed by atoms with E-state index < -0.39 is 0 Å². The van der Waals surface area contributed by atoms with Gasteiger partial charge in [0.2, 0.25) is 0 Å². The van der Waals surface area contributed by atoms with E-state index in [2.05, 4.69) is 15.3 Å². The molecule has 82 valence electrons. The van der Waals surface area contributed by atoms with E-state index in [1.54, 1.807) is 13.4 Å². The lowest BCUT2D eigenvalue weighted by molar-refractivity contribution is 0.415. The highest BCUT2D eigenvalue weighted by atomic mass is 16.5. The molecule has 0 atom stereocenters. The van der Waals surface area contributed by atoms with Crippen LogP contribution >= 0.6 is 0 Å². The highest BCUT2D eigenvalue weighted by Crippen LogP contribution is 2.18. The molecule has 4 nitrogen and oxygen atoms in total. The number of aromatic nitrogens is 2. The predicted octanol–water partition coefficient (Wildman–Crippen LogP) is 2.54. The number of benzene rings is 1. The van der Waals surface area contributed by atoms with Crippen LogP contribution in [0.3, 0.4) is 0 Å². The zero-order chi connectivity index (χ0) is 11.4. The predicted molar refractivity (Wildman–Crippen MR) is 63.0 cm³/mol. The van der Waals surface area contributed by atoms with Gasteiger partial charge in [0.15, 0.2) is 0 Å². The van der Waals surface area contributed by atoms with Gasteiger partial charge in [0.1, 0.15) is 17.9 Å². The van der Waals surface area contributed by atoms with Crippen LogP contribution < -0.4 is 10.1 Å². The van der Waals surface area contributed by atoms with Crippen molar-refractivity contribution in [1.29, 1.82) is 0 Å². The molecular formula is C12H13N3O. The van der Waals surface area contributed by atoms with Crippen molar-refractivity contribution >= 4 is 11.5 Å². The molecule has 0 saturated carbocycles. The third kappa shape index (κ3) is 2.48. The monoisotopic (exact) mass is 215 g/mol. The second-order valence-electron chi connectivity index (χ2n) is 3.40. The molecule has 1 N–H and O–H groups in total. The van der Waals surface area contributed by atoms with Gasteiger partial charge in [0.05, 0.1) is 7.11 Å². The van der Waals surface area contributed by atoms with Crippen LogP contribution in [0.15, 0.2) is 36.7 Å². The Morgan fingerprint density at radius 1 is 1.12 bits per heavy atom. The molecule has 0 aliphatic rings. The van der Waals surface area contributed by atoms with Crippen LogP contribution in [0.2, 0.25) is 0 Å². The lowest BCUT2D eigenvalue weighted by Crippen LogP contribution is -1.95. The van der Waals surface area contributed by atoms with Crippen LogP contribution in [-0.4, -0.2) is 17.1 Å². The number of hydrogen-bond acceptors (Lipinski definition) is 4. The molecule has 0 aliphatic heterocycles. The van der Waals surface area contributed by atoms with E-state index in [1.165, 1.54) is 0 Å². The van der Waals surface area contributed by atoms with Crippen molar-refractivity contribution in [3.8, 4) is 5.75 Å². The average Bonchev–Trinajstić information content (AvgIpc) is 2.30. The van der Waals surface area contributed by atoms with E-state index in [-0.39, 0.29) is 0 Å². The molecule has 16 heavy (non-hydrogen) atoms. The molecule has 2 rings (SSSR count). The summed E-state index contributed by atoms with van der Waals surface area (Å²) >= 11 is 0. The Morgan fingerprint density at radius 2 is 1.88 bits per heavy atom. The number of hydrogen-bond donors (Lipinski definition) is 1. The normalized spacial score (nSPS) is 9.88. The van der Waals surface area contributed by atoms with Gasteiger partial charge in [0.25, 0.3) is 0 Å². The van der Waals surface area contributed by atoms with E-state index in [0.29, 0.717) is 0 Å². The topological polar surface area (TPSA) is 47.0 Å². The lowest BCUT2D eigenvalue weighted by Gasteiger charge is -2.06. The Labute approximate surface area is 94.3 Å². The number of ether oxygens (including phenoxy) is 1. The maximum Gasteiger partial charge on any atom is 0.133 e. The molecule has 1 aromatic heterocycles. The second kappa shape index (κ2) is 4.61. The fourth-order valence-corrected chi connectivity index (χ4v) is 1.35. The average molecular weight is 215 g/mol. The Morgan fingerprint density at radius 3 is 2.50 bits per heavy atom. The number of aryl methyl sites for hydroxylation is 1. The van der Waals surface area contributed by atoms with Crippen LogP contribution in [0.4, 0.5) is 11.5 Å². The maximum absolute atomic E-state index is 5.09. The molecule has 2 aromatic rings. The first kappa shape index (κ1) is 10.4. The van der Waals surface area contributed by atoms with Gasteiger partial charge >= 0.3 is 0 Å². The smallest absolute Gasteiger partial charge is 0.133 e. The van der Waals surface area contributed by atoms with Gasteiger partial charge in [0, 0.05) is 17.4 Å². The van der Waals surface area contributed by atoms with Gasteiger partial charge < -0.3 is 10.1 Å². The first-order valence-electron chi connectivity index (χ1n) is 4.97. The molecule has 1 aromatic carbocycles. The molecule has 0 radical (unpaired) electrons. The van der Waals surface area contributed by atoms with Gasteiger partial charge in [-0.3, -0.25) is 0 Å². The molecule has 0 unspecified atom stereocenters. The van der Waals surface area contributed by atoms with Crippen molar-refractivity contribution in [2.75, 3.05) is 12.4 Å². The largest absolute Gasteiger partial charge is 0.497 e. The van der Waals surface area contributed by atoms with E-state index in [4.69, 9.17) is 4.74 Å². The minimum atomic E-state index is 0.790. The van der Waals surface area contributed by atoms with Gasteiger partial charge in [-0.05, 0) is 31.2 Å². The second-order valence-corrected chi connectivity index (χ2v) is 3.40. The molecule has 0 bridgehead atoms. The maximum atomic E-state index is 5.09. The van der Waals surface area contributed by atoms with Crippen molar-refractivity contribution in [2.45, 2.75) is 6.92 Å². The fourth-order valence-electron chi connectivity index (χ4n) is 1.35. The first-order valence-corrected chi connectivity index (χ1v) is 4.97. The summed E-state index contributed by atoms with van der Waals surface area (Å²) in [6.45, 7) is 1.93. The number of nitrogens with one attached hydrogen (secondary N) is 1. The number of methoxy groups -OCH3 is 1. The lowest BCUT2D eigenvalue weighted by atomic mass is 10.3. The van der Waals surface area contributed by atoms with Crippen molar-refractivity contribution in [1.82, 2.24) is 9.97 Å². The summed E-state index contributed by atoms with van der Waals surface area (Å²) in [6, 6.07) is 9.57. The fraction of sp³-hybridized carbons (Fsp3) is 0.167. The van der Waals surface area contributed by atoms with Crippen LogP contribution in [0.25, 0.3) is 0 Å². The minimum absolute atomic E-state index is 0.790. The SMILES string of the molecule is COc1ccc(Nc2cc(C)ncn2)cc1. The summed E-state index contributed by atoms with van der Waals surface area (Å²) in [5, 5.41) is 3.19. The van der Waals surface area contributed by atoms with Crippen LogP contribution in [0.1, 0.15) is 5.69 Å². The van der Waals surface area contributed by atoms with Crippen molar-refractivity contribution in [3.05, 3.63) is 42.4 Å². The summed E-state index contributed by atoms with van der Waals surface area (Å²) < 4.78 is 5.09. The molecule has 0 saturated heterocycles.